The van der Waals surface area contributed by atoms with Gasteiger partial charge in [0.15, 0.2) is 27.3 Å². The van der Waals surface area contributed by atoms with Gasteiger partial charge in [-0.25, -0.2) is 21.6 Å². The minimum atomic E-state index is -4.30. The van der Waals surface area contributed by atoms with Gasteiger partial charge < -0.3 is 15.2 Å². The monoisotopic (exact) mass is 680 g/mol. The van der Waals surface area contributed by atoms with Gasteiger partial charge in [-0.15, -0.1) is 0 Å². The fourth-order valence-corrected chi connectivity index (χ4v) is 8.67. The number of methoxy groups -OCH3 is 1. The molecule has 0 aromatic heterocycles. The number of carbonyl (C=O) groups is 2. The van der Waals surface area contributed by atoms with Crippen molar-refractivity contribution in [1.29, 1.82) is 0 Å². The highest BCUT2D eigenvalue weighted by Gasteiger charge is 2.58. The number of ether oxygens (including phenoxy) is 1. The molecule has 2 fully saturated rings. The topological polar surface area (TPSA) is 122 Å². The number of hydrogen-bond acceptors (Lipinski definition) is 8. The first-order valence-electron chi connectivity index (χ1n) is 14.5. The molecule has 5 atom stereocenters. The molecule has 9 nitrogen and oxygen atoms in total. The fraction of sp³-hybridized carbons (Fsp3) is 0.375. The van der Waals surface area contributed by atoms with Crippen molar-refractivity contribution >= 4 is 39.0 Å². The van der Waals surface area contributed by atoms with Crippen LogP contribution < -0.4 is 5.32 Å². The number of sulfone groups is 1. The second-order valence-corrected chi connectivity index (χ2v) is 14.2. The molecule has 46 heavy (non-hydrogen) atoms. The lowest BCUT2D eigenvalue weighted by atomic mass is 9.68. The predicted octanol–water partition coefficient (Wildman–Crippen LogP) is 5.31. The highest BCUT2D eigenvalue weighted by atomic mass is 35.5. The Labute approximate surface area is 269 Å². The molecule has 0 radical (unpaired) electrons. The van der Waals surface area contributed by atoms with E-state index in [1.165, 1.54) is 24.3 Å². The summed E-state index contributed by atoms with van der Waals surface area (Å²) in [4.78, 5) is 31.3. The van der Waals surface area contributed by atoms with Gasteiger partial charge in [0.1, 0.15) is 5.92 Å². The molecular weight excluding hydrogens is 649 g/mol. The summed E-state index contributed by atoms with van der Waals surface area (Å²) < 4.78 is 74.0. The van der Waals surface area contributed by atoms with E-state index >= 15 is 0 Å². The average Bonchev–Trinajstić information content (AvgIpc) is 3.45. The van der Waals surface area contributed by atoms with E-state index in [2.05, 4.69) is 5.32 Å². The molecule has 14 heteroatoms. The van der Waals surface area contributed by atoms with Crippen LogP contribution in [0.25, 0.3) is 0 Å². The van der Waals surface area contributed by atoms with Crippen molar-refractivity contribution in [1.82, 2.24) is 5.06 Å². The number of esters is 1. The van der Waals surface area contributed by atoms with Crippen LogP contribution >= 0.6 is 11.6 Å². The van der Waals surface area contributed by atoms with Crippen molar-refractivity contribution in [3.8, 4) is 0 Å². The van der Waals surface area contributed by atoms with Gasteiger partial charge >= 0.3 is 5.97 Å². The van der Waals surface area contributed by atoms with Gasteiger partial charge in [0.2, 0.25) is 0 Å². The Morgan fingerprint density at radius 2 is 1.76 bits per heavy atom. The first kappa shape index (κ1) is 33.9. The third-order valence-electron chi connectivity index (χ3n) is 8.82. The van der Waals surface area contributed by atoms with E-state index in [0.717, 1.165) is 11.6 Å². The number of nitrogens with zero attached hydrogens (tertiary/aromatic N) is 1. The first-order chi connectivity index (χ1) is 21.8. The molecule has 1 aliphatic heterocycles. The number of hydrogen-bond donors (Lipinski definition) is 2. The molecule has 2 aliphatic rings. The molecule has 5 rings (SSSR count). The van der Waals surface area contributed by atoms with Crippen LogP contribution in [0.3, 0.4) is 0 Å². The van der Waals surface area contributed by atoms with Crippen LogP contribution in [-0.4, -0.2) is 61.1 Å². The van der Waals surface area contributed by atoms with Gasteiger partial charge in [0, 0.05) is 29.9 Å². The lowest BCUT2D eigenvalue weighted by Crippen LogP contribution is -2.60. The number of amides is 1. The van der Waals surface area contributed by atoms with Crippen molar-refractivity contribution in [2.75, 3.05) is 19.0 Å². The van der Waals surface area contributed by atoms with Crippen molar-refractivity contribution in [2.45, 2.75) is 54.5 Å². The zero-order valence-corrected chi connectivity index (χ0v) is 26.5. The Morgan fingerprint density at radius 3 is 2.41 bits per heavy atom. The van der Waals surface area contributed by atoms with Crippen molar-refractivity contribution in [3.05, 3.63) is 94.3 Å². The molecule has 1 amide bonds. The molecule has 246 valence electrons. The van der Waals surface area contributed by atoms with Crippen molar-refractivity contribution in [3.63, 3.8) is 0 Å². The van der Waals surface area contributed by atoms with E-state index in [0.29, 0.717) is 12.1 Å². The number of rotatable bonds is 8. The second-order valence-electron chi connectivity index (χ2n) is 11.6. The Hall–Kier alpha value is -3.49. The lowest BCUT2D eigenvalue weighted by Gasteiger charge is -2.48. The lowest BCUT2D eigenvalue weighted by molar-refractivity contribution is -0.201. The number of halogens is 4. The Bertz CT molecular complexity index is 1720. The molecule has 3 aromatic rings. The zero-order chi connectivity index (χ0) is 33.4. The van der Waals surface area contributed by atoms with Crippen LogP contribution in [0.1, 0.15) is 42.1 Å². The molecule has 0 spiro atoms. The van der Waals surface area contributed by atoms with Crippen LogP contribution in [0.5, 0.6) is 0 Å². The van der Waals surface area contributed by atoms with Crippen molar-refractivity contribution in [2.24, 2.45) is 11.8 Å². The summed E-state index contributed by atoms with van der Waals surface area (Å²) in [6, 6.07) is 12.9. The second kappa shape index (κ2) is 13.3. The fourth-order valence-electron chi connectivity index (χ4n) is 6.31. The SMILES string of the molecule is COC(=O)C1CON(Cc2ccccc2)[C@H]1[C@@]1(O)CC(S(=O)(=O)c2cc(C(=O)Nc3cc(F)c(F)c(F)c3)ccc2Cl)CCC1C. The first-order valence-corrected chi connectivity index (χ1v) is 16.4. The minimum absolute atomic E-state index is 0.0680. The predicted molar refractivity (Wildman–Crippen MR) is 162 cm³/mol. The average molecular weight is 681 g/mol. The highest BCUT2D eigenvalue weighted by molar-refractivity contribution is 7.92. The molecule has 0 bridgehead atoms. The van der Waals surface area contributed by atoms with Gasteiger partial charge in [0.05, 0.1) is 40.5 Å². The molecule has 2 N–H and O–H groups in total. The summed E-state index contributed by atoms with van der Waals surface area (Å²) in [6.07, 6.45) is 0.162. The molecule has 1 saturated heterocycles. The molecule has 1 heterocycles. The van der Waals surface area contributed by atoms with Crippen molar-refractivity contribution < 1.29 is 45.9 Å². The summed E-state index contributed by atoms with van der Waals surface area (Å²) in [5.74, 6) is -7.61. The third kappa shape index (κ3) is 6.52. The van der Waals surface area contributed by atoms with Crippen LogP contribution in [0, 0.1) is 29.3 Å². The number of hydroxylamine groups is 2. The summed E-state index contributed by atoms with van der Waals surface area (Å²) >= 11 is 6.34. The van der Waals surface area contributed by atoms with E-state index in [1.54, 1.807) is 6.92 Å². The van der Waals surface area contributed by atoms with Gasteiger partial charge in [-0.3, -0.25) is 14.4 Å². The van der Waals surface area contributed by atoms with Crippen LogP contribution in [0.4, 0.5) is 18.9 Å². The summed E-state index contributed by atoms with van der Waals surface area (Å²) in [6.45, 7) is 1.94. The summed E-state index contributed by atoms with van der Waals surface area (Å²) in [5, 5.41) is 14.7. The molecule has 3 unspecified atom stereocenters. The normalized spacial score (nSPS) is 25.3. The van der Waals surface area contributed by atoms with Gasteiger partial charge in [-0.05, 0) is 48.9 Å². The van der Waals surface area contributed by atoms with Crippen LogP contribution in [-0.2, 0) is 30.8 Å². The van der Waals surface area contributed by atoms with E-state index in [4.69, 9.17) is 21.2 Å². The molecule has 1 saturated carbocycles. The Balaban J connectivity index is 1.45. The van der Waals surface area contributed by atoms with E-state index in [1.807, 2.05) is 30.3 Å². The smallest absolute Gasteiger partial charge is 0.312 e. The number of aliphatic hydroxyl groups is 1. The standard InChI is InChI=1S/C32H32ClF3N2O7S/c1-18-8-10-22(15-32(18,41)29-23(31(40)44-2)17-45-38(29)16-19-6-4-3-5-7-19)46(42,43)27-12-20(9-11-24(27)33)30(39)37-21-13-25(34)28(36)26(35)14-21/h3-7,9,11-14,18,22-23,29,41H,8,10,15-17H2,1-2H3,(H,37,39)/t18?,22?,23?,29-,32-/m1/s1. The van der Waals surface area contributed by atoms with Gasteiger partial charge in [-0.1, -0.05) is 48.9 Å². The third-order valence-corrected chi connectivity index (χ3v) is 11.5. The van der Waals surface area contributed by atoms with Gasteiger partial charge in [-0.2, -0.15) is 5.06 Å². The minimum Gasteiger partial charge on any atom is -0.469 e. The van der Waals surface area contributed by atoms with Crippen LogP contribution in [0.2, 0.25) is 5.02 Å². The summed E-state index contributed by atoms with van der Waals surface area (Å²) in [7, 11) is -3.07. The maximum atomic E-state index is 14.1. The van der Waals surface area contributed by atoms with Crippen LogP contribution in [0.15, 0.2) is 65.6 Å². The number of benzene rings is 3. The highest BCUT2D eigenvalue weighted by Crippen LogP contribution is 2.46. The Morgan fingerprint density at radius 1 is 1.09 bits per heavy atom. The summed E-state index contributed by atoms with van der Waals surface area (Å²) in [5.41, 5.74) is -1.46. The number of carbonyl (C=O) groups excluding carboxylic acids is 2. The zero-order valence-electron chi connectivity index (χ0n) is 24.9. The van der Waals surface area contributed by atoms with E-state index < -0.39 is 67.9 Å². The van der Waals surface area contributed by atoms with E-state index in [9.17, 15) is 36.3 Å². The molecule has 1 aliphatic carbocycles. The number of nitrogens with one attached hydrogen (secondary N) is 1. The van der Waals surface area contributed by atoms with E-state index in [-0.39, 0.29) is 53.6 Å². The molecular formula is C32H32ClF3N2O7S. The maximum Gasteiger partial charge on any atom is 0.312 e. The molecule has 3 aromatic carbocycles. The quantitative estimate of drug-likeness (QED) is 0.243. The maximum absolute atomic E-state index is 14.1. The largest absolute Gasteiger partial charge is 0.469 e. The van der Waals surface area contributed by atoms with Gasteiger partial charge in [0.25, 0.3) is 5.91 Å². The number of anilines is 1. The Kier molecular flexibility index (Phi) is 9.81.